The lowest BCUT2D eigenvalue weighted by molar-refractivity contribution is -0.161. The lowest BCUT2D eigenvalue weighted by atomic mass is 9.91. The highest BCUT2D eigenvalue weighted by Crippen LogP contribution is 2.73. The molecule has 7 nitrogen and oxygen atoms in total. The van der Waals surface area contributed by atoms with Crippen LogP contribution >= 0.6 is 15.9 Å². The SMILES string of the molecule is Cc1nc2cc(CC[C@]34C[C@@H]3[C@@H](n3ccc5c(N)ncnc53)[C@@H]3OC(C)(C)O[C@@H]34)cc(F)c2cc1Br. The molecule has 7 rings (SSSR count). The highest BCUT2D eigenvalue weighted by Gasteiger charge is 2.75. The molecule has 4 aromatic rings. The van der Waals surface area contributed by atoms with Crippen molar-refractivity contribution in [1.82, 2.24) is 19.5 Å². The highest BCUT2D eigenvalue weighted by molar-refractivity contribution is 9.10. The van der Waals surface area contributed by atoms with Crippen molar-refractivity contribution in [2.75, 3.05) is 5.73 Å². The summed E-state index contributed by atoms with van der Waals surface area (Å²) in [5, 5.41) is 1.39. The number of benzene rings is 1. The molecule has 2 aliphatic carbocycles. The lowest BCUT2D eigenvalue weighted by Crippen LogP contribution is -2.32. The number of nitrogen functional groups attached to an aromatic ring is 1. The van der Waals surface area contributed by atoms with E-state index in [0.29, 0.717) is 22.6 Å². The molecule has 36 heavy (non-hydrogen) atoms. The number of aromatic nitrogens is 4. The van der Waals surface area contributed by atoms with Gasteiger partial charge in [0.2, 0.25) is 0 Å². The minimum absolute atomic E-state index is 0.0211. The topological polar surface area (TPSA) is 88.1 Å². The van der Waals surface area contributed by atoms with Gasteiger partial charge in [-0.05, 0) is 91.7 Å². The molecule has 0 spiro atoms. The maximum absolute atomic E-state index is 15.0. The van der Waals surface area contributed by atoms with Crippen molar-refractivity contribution in [1.29, 1.82) is 0 Å². The molecule has 0 unspecified atom stereocenters. The van der Waals surface area contributed by atoms with Gasteiger partial charge in [0.05, 0.1) is 28.7 Å². The first-order valence-electron chi connectivity index (χ1n) is 12.3. The molecule has 4 heterocycles. The fourth-order valence-corrected chi connectivity index (χ4v) is 7.06. The molecule has 1 saturated heterocycles. The zero-order valence-corrected chi connectivity index (χ0v) is 21.9. The fraction of sp³-hybridized carbons (Fsp3) is 0.444. The Bertz CT molecular complexity index is 1550. The second-order valence-corrected chi connectivity index (χ2v) is 11.8. The number of pyridine rings is 1. The van der Waals surface area contributed by atoms with Crippen molar-refractivity contribution in [2.45, 2.75) is 64.1 Å². The monoisotopic (exact) mass is 551 g/mol. The second-order valence-electron chi connectivity index (χ2n) is 11.0. The Morgan fingerprint density at radius 2 is 2.03 bits per heavy atom. The quantitative estimate of drug-likeness (QED) is 0.361. The second kappa shape index (κ2) is 7.46. The van der Waals surface area contributed by atoms with Gasteiger partial charge in [0.25, 0.3) is 0 Å². The third-order valence-corrected chi connectivity index (χ3v) is 9.24. The van der Waals surface area contributed by atoms with Crippen molar-refractivity contribution in [3.63, 3.8) is 0 Å². The number of rotatable bonds is 4. The zero-order valence-electron chi connectivity index (χ0n) is 20.3. The van der Waals surface area contributed by atoms with Crippen LogP contribution in [0.15, 0.2) is 41.3 Å². The summed E-state index contributed by atoms with van der Waals surface area (Å²) in [5.74, 6) is -0.0273. The summed E-state index contributed by atoms with van der Waals surface area (Å²) >= 11 is 3.46. The summed E-state index contributed by atoms with van der Waals surface area (Å²) in [5.41, 5.74) is 9.41. The van der Waals surface area contributed by atoms with E-state index >= 15 is 0 Å². The van der Waals surface area contributed by atoms with Crippen LogP contribution in [0.3, 0.4) is 0 Å². The normalized spacial score (nSPS) is 30.1. The van der Waals surface area contributed by atoms with Crippen LogP contribution in [0.2, 0.25) is 0 Å². The summed E-state index contributed by atoms with van der Waals surface area (Å²) in [6.07, 6.45) is 6.14. The average Bonchev–Trinajstić information content (AvgIpc) is 3.08. The Morgan fingerprint density at radius 3 is 2.86 bits per heavy atom. The van der Waals surface area contributed by atoms with Crippen molar-refractivity contribution in [3.8, 4) is 0 Å². The van der Waals surface area contributed by atoms with Crippen molar-refractivity contribution in [3.05, 3.63) is 58.3 Å². The van der Waals surface area contributed by atoms with Crippen LogP contribution in [-0.4, -0.2) is 37.5 Å². The van der Waals surface area contributed by atoms with E-state index in [0.717, 1.165) is 46.0 Å². The number of halogens is 2. The van der Waals surface area contributed by atoms with Crippen molar-refractivity contribution < 1.29 is 13.9 Å². The van der Waals surface area contributed by atoms with Crippen molar-refractivity contribution >= 4 is 43.7 Å². The molecule has 5 atom stereocenters. The van der Waals surface area contributed by atoms with Gasteiger partial charge in [-0.3, -0.25) is 4.98 Å². The van der Waals surface area contributed by atoms with E-state index in [1.807, 2.05) is 45.2 Å². The largest absolute Gasteiger partial charge is 0.383 e. The van der Waals surface area contributed by atoms with Crippen molar-refractivity contribution in [2.24, 2.45) is 11.3 Å². The van der Waals surface area contributed by atoms with Crippen LogP contribution < -0.4 is 5.73 Å². The first-order chi connectivity index (χ1) is 17.2. The van der Waals surface area contributed by atoms with Gasteiger partial charge in [-0.1, -0.05) is 0 Å². The molecule has 1 aliphatic heterocycles. The fourth-order valence-electron chi connectivity index (χ4n) is 6.74. The van der Waals surface area contributed by atoms with Gasteiger partial charge in [0.15, 0.2) is 5.79 Å². The molecule has 3 fully saturated rings. The molecular weight excluding hydrogens is 525 g/mol. The maximum Gasteiger partial charge on any atom is 0.163 e. The first-order valence-corrected chi connectivity index (χ1v) is 13.1. The molecule has 186 valence electrons. The van der Waals surface area contributed by atoms with Crippen LogP contribution in [0.25, 0.3) is 21.9 Å². The predicted octanol–water partition coefficient (Wildman–Crippen LogP) is 5.49. The maximum atomic E-state index is 15.0. The third-order valence-electron chi connectivity index (χ3n) is 8.44. The Kier molecular flexibility index (Phi) is 4.68. The summed E-state index contributed by atoms with van der Waals surface area (Å²) in [4.78, 5) is 13.3. The first kappa shape index (κ1) is 22.6. The minimum Gasteiger partial charge on any atom is -0.383 e. The number of anilines is 1. The van der Waals surface area contributed by atoms with Gasteiger partial charge in [-0.15, -0.1) is 0 Å². The Labute approximate surface area is 216 Å². The van der Waals surface area contributed by atoms with E-state index in [1.54, 1.807) is 6.07 Å². The predicted molar refractivity (Wildman–Crippen MR) is 138 cm³/mol. The average molecular weight is 552 g/mol. The molecule has 3 aromatic heterocycles. The Hall–Kier alpha value is -2.62. The van der Waals surface area contributed by atoms with Crippen LogP contribution in [-0.2, 0) is 15.9 Å². The van der Waals surface area contributed by atoms with E-state index < -0.39 is 5.79 Å². The van der Waals surface area contributed by atoms with E-state index in [-0.39, 0.29) is 29.5 Å². The van der Waals surface area contributed by atoms with Gasteiger partial charge in [-0.25, -0.2) is 14.4 Å². The molecule has 1 aromatic carbocycles. The molecule has 9 heteroatoms. The van der Waals surface area contributed by atoms with Gasteiger partial charge in [0.1, 0.15) is 29.7 Å². The molecular formula is C27H27BrFN5O2. The number of ether oxygens (including phenoxy) is 2. The van der Waals surface area contributed by atoms with Crippen LogP contribution in [0.1, 0.15) is 44.0 Å². The molecule has 3 aliphatic rings. The van der Waals surface area contributed by atoms with Crippen LogP contribution in [0.5, 0.6) is 0 Å². The van der Waals surface area contributed by atoms with E-state index in [1.165, 1.54) is 6.33 Å². The number of fused-ring (bicyclic) bond motifs is 5. The molecule has 2 N–H and O–H groups in total. The van der Waals surface area contributed by atoms with Gasteiger partial charge in [0, 0.05) is 21.5 Å². The molecule has 0 amide bonds. The molecule has 2 saturated carbocycles. The number of hydrogen-bond donors (Lipinski definition) is 1. The van der Waals surface area contributed by atoms with E-state index in [9.17, 15) is 4.39 Å². The lowest BCUT2D eigenvalue weighted by Gasteiger charge is -2.24. The summed E-state index contributed by atoms with van der Waals surface area (Å²) in [6, 6.07) is 7.55. The van der Waals surface area contributed by atoms with Gasteiger partial charge >= 0.3 is 0 Å². The number of hydrogen-bond acceptors (Lipinski definition) is 6. The highest BCUT2D eigenvalue weighted by atomic mass is 79.9. The standard InChI is InChI=1S/C27H27BrFN5O2/c1-13-18(28)10-16-19(29)8-14(9-20(16)33-13)4-6-27-11-17(27)21(22-23(27)36-26(2,3)35-22)34-7-5-15-24(30)31-12-32-25(15)34/h5,7-10,12,17,21-23H,4,6,11H2,1-3H3,(H2,30,31,32)/t17-,21-,22+,23+,27+/m1/s1. The summed E-state index contributed by atoms with van der Waals surface area (Å²) < 4.78 is 31.0. The third kappa shape index (κ3) is 3.18. The van der Waals surface area contributed by atoms with Crippen LogP contribution in [0.4, 0.5) is 10.2 Å². The number of nitrogens with zero attached hydrogens (tertiary/aromatic N) is 4. The van der Waals surface area contributed by atoms with E-state index in [4.69, 9.17) is 15.2 Å². The Morgan fingerprint density at radius 1 is 1.19 bits per heavy atom. The van der Waals surface area contributed by atoms with Gasteiger partial charge in [-0.2, -0.15) is 0 Å². The zero-order chi connectivity index (χ0) is 25.0. The smallest absolute Gasteiger partial charge is 0.163 e. The number of nitrogens with two attached hydrogens (primary N) is 1. The number of aryl methyl sites for hydroxylation is 2. The van der Waals surface area contributed by atoms with Gasteiger partial charge < -0.3 is 19.8 Å². The minimum atomic E-state index is -0.658. The Balaban J connectivity index is 1.22. The summed E-state index contributed by atoms with van der Waals surface area (Å²) in [6.45, 7) is 5.88. The molecule has 0 radical (unpaired) electrons. The van der Waals surface area contributed by atoms with E-state index in [2.05, 4.69) is 35.4 Å². The van der Waals surface area contributed by atoms with Crippen LogP contribution in [0, 0.1) is 24.1 Å². The summed E-state index contributed by atoms with van der Waals surface area (Å²) in [7, 11) is 0. The molecule has 0 bridgehead atoms.